The van der Waals surface area contributed by atoms with E-state index in [1.807, 2.05) is 0 Å². The Morgan fingerprint density at radius 2 is 2.25 bits per heavy atom. The zero-order valence-electron chi connectivity index (χ0n) is 10.5. The molecular weight excluding hydrogens is 295 g/mol. The Labute approximate surface area is 113 Å². The fraction of sp³-hybridized carbons (Fsp3) is 0.625. The molecule has 1 unspecified atom stereocenters. The summed E-state index contributed by atoms with van der Waals surface area (Å²) in [5, 5.41) is 13.1. The second-order valence-electron chi connectivity index (χ2n) is 3.83. The van der Waals surface area contributed by atoms with Gasteiger partial charge in [0.1, 0.15) is 19.2 Å². The van der Waals surface area contributed by atoms with E-state index >= 15 is 0 Å². The number of nitrogens with zero attached hydrogens (tertiary/aromatic N) is 3. The number of nitrogens with two attached hydrogens (primary N) is 1. The molecule has 2 atom stereocenters. The Bertz CT molecular complexity index is 499. The van der Waals surface area contributed by atoms with Gasteiger partial charge < -0.3 is 25.4 Å². The second kappa shape index (κ2) is 6.88. The van der Waals surface area contributed by atoms with E-state index in [1.54, 1.807) is 0 Å². The van der Waals surface area contributed by atoms with Crippen LogP contribution in [-0.2, 0) is 20.6 Å². The molecule has 1 rings (SSSR count). The first kappa shape index (κ1) is 16.7. The highest BCUT2D eigenvalue weighted by Gasteiger charge is 2.22. The van der Waals surface area contributed by atoms with Gasteiger partial charge in [0.05, 0.1) is 12.7 Å². The number of aromatic nitrogens is 3. The van der Waals surface area contributed by atoms with Crippen molar-refractivity contribution in [2.45, 2.75) is 25.9 Å². The number of phosphoric acid groups is 1. The van der Waals surface area contributed by atoms with Crippen LogP contribution in [0, 0.1) is 0 Å². The van der Waals surface area contributed by atoms with Gasteiger partial charge >= 0.3 is 7.82 Å². The molecule has 0 saturated heterocycles. The lowest BCUT2D eigenvalue weighted by molar-refractivity contribution is -0.0828. The van der Waals surface area contributed by atoms with Crippen LogP contribution in [0.5, 0.6) is 0 Å². The Kier molecular flexibility index (Phi) is 5.74. The standard InChI is InChI=1S/C8H15N4O7P/c1-5(13)6(2-19-20(15,16)17)18-4-12-3-10-8(11-12)7(9)14/h3,5-6,13H,2,4H2,1H3,(H2,9,14)(H2,15,16,17)/t5?,6-/m1/s1. The van der Waals surface area contributed by atoms with Crippen molar-refractivity contribution in [3.8, 4) is 0 Å². The molecule has 0 bridgehead atoms. The molecule has 0 aliphatic heterocycles. The smallest absolute Gasteiger partial charge is 0.391 e. The maximum atomic E-state index is 10.8. The first-order chi connectivity index (χ1) is 9.19. The molecule has 1 amide bonds. The summed E-state index contributed by atoms with van der Waals surface area (Å²) in [6.07, 6.45) is -0.854. The van der Waals surface area contributed by atoms with Crippen LogP contribution in [0.2, 0.25) is 0 Å². The van der Waals surface area contributed by atoms with E-state index in [-0.39, 0.29) is 12.6 Å². The van der Waals surface area contributed by atoms with Crippen molar-refractivity contribution in [3.05, 3.63) is 12.2 Å². The maximum Gasteiger partial charge on any atom is 0.469 e. The van der Waals surface area contributed by atoms with E-state index in [1.165, 1.54) is 13.3 Å². The number of phosphoric ester groups is 1. The third-order valence-electron chi connectivity index (χ3n) is 2.12. The summed E-state index contributed by atoms with van der Waals surface area (Å²) in [4.78, 5) is 31.5. The zero-order chi connectivity index (χ0) is 15.3. The zero-order valence-corrected chi connectivity index (χ0v) is 11.4. The summed E-state index contributed by atoms with van der Waals surface area (Å²) in [6, 6.07) is 0. The quantitative estimate of drug-likeness (QED) is 0.405. The van der Waals surface area contributed by atoms with Gasteiger partial charge in [-0.05, 0) is 6.92 Å². The molecule has 12 heteroatoms. The second-order valence-corrected chi connectivity index (χ2v) is 5.07. The van der Waals surface area contributed by atoms with Crippen molar-refractivity contribution in [2.75, 3.05) is 6.61 Å². The number of hydrogen-bond acceptors (Lipinski definition) is 7. The molecule has 1 aromatic heterocycles. The molecule has 0 aliphatic rings. The molecule has 0 aliphatic carbocycles. The van der Waals surface area contributed by atoms with Crippen molar-refractivity contribution in [2.24, 2.45) is 5.73 Å². The number of aliphatic hydroxyl groups excluding tert-OH is 1. The first-order valence-electron chi connectivity index (χ1n) is 5.38. The van der Waals surface area contributed by atoms with Crippen molar-refractivity contribution in [1.82, 2.24) is 14.8 Å². The van der Waals surface area contributed by atoms with Crippen molar-refractivity contribution in [3.63, 3.8) is 0 Å². The summed E-state index contributed by atoms with van der Waals surface area (Å²) in [5.41, 5.74) is 4.96. The summed E-state index contributed by atoms with van der Waals surface area (Å²) < 4.78 is 21.1. The molecule has 0 saturated carbocycles. The maximum absolute atomic E-state index is 10.8. The third kappa shape index (κ3) is 5.74. The summed E-state index contributed by atoms with van der Waals surface area (Å²) in [5.74, 6) is -1.01. The largest absolute Gasteiger partial charge is 0.469 e. The first-order valence-corrected chi connectivity index (χ1v) is 6.91. The molecule has 0 fully saturated rings. The molecule has 11 nitrogen and oxygen atoms in total. The number of amides is 1. The van der Waals surface area contributed by atoms with Crippen molar-refractivity contribution in [1.29, 1.82) is 0 Å². The SMILES string of the molecule is CC(O)[C@@H](COP(=O)(O)O)OCn1cnc(C(N)=O)n1. The van der Waals surface area contributed by atoms with Crippen LogP contribution in [0.25, 0.3) is 0 Å². The third-order valence-corrected chi connectivity index (χ3v) is 2.61. The number of ether oxygens (including phenoxy) is 1. The summed E-state index contributed by atoms with van der Waals surface area (Å²) >= 11 is 0. The summed E-state index contributed by atoms with van der Waals surface area (Å²) in [6.45, 7) is 0.642. The van der Waals surface area contributed by atoms with Gasteiger partial charge in [0, 0.05) is 0 Å². The predicted molar refractivity (Wildman–Crippen MR) is 63.1 cm³/mol. The Balaban J connectivity index is 2.53. The van der Waals surface area contributed by atoms with Crippen LogP contribution >= 0.6 is 7.82 Å². The van der Waals surface area contributed by atoms with Gasteiger partial charge in [-0.2, -0.15) is 0 Å². The van der Waals surface area contributed by atoms with E-state index in [0.717, 1.165) is 4.68 Å². The van der Waals surface area contributed by atoms with Crippen LogP contribution in [0.3, 0.4) is 0 Å². The molecule has 1 heterocycles. The lowest BCUT2D eigenvalue weighted by atomic mass is 10.2. The number of carbonyl (C=O) groups is 1. The van der Waals surface area contributed by atoms with Crippen LogP contribution < -0.4 is 5.73 Å². The van der Waals surface area contributed by atoms with Gasteiger partial charge in [-0.15, -0.1) is 5.10 Å². The molecule has 0 spiro atoms. The average Bonchev–Trinajstić information content (AvgIpc) is 2.75. The van der Waals surface area contributed by atoms with E-state index in [9.17, 15) is 14.5 Å². The molecule has 114 valence electrons. The fourth-order valence-electron chi connectivity index (χ4n) is 1.14. The topological polar surface area (TPSA) is 170 Å². The van der Waals surface area contributed by atoms with Gasteiger partial charge in [0.25, 0.3) is 5.91 Å². The van der Waals surface area contributed by atoms with Gasteiger partial charge in [-0.1, -0.05) is 0 Å². The fourth-order valence-corrected chi connectivity index (χ4v) is 1.48. The van der Waals surface area contributed by atoms with E-state index < -0.39 is 32.5 Å². The Hall–Kier alpha value is -1.36. The van der Waals surface area contributed by atoms with Crippen molar-refractivity contribution >= 4 is 13.7 Å². The van der Waals surface area contributed by atoms with Gasteiger partial charge in [-0.25, -0.2) is 14.2 Å². The highest BCUT2D eigenvalue weighted by molar-refractivity contribution is 7.46. The van der Waals surface area contributed by atoms with Gasteiger partial charge in [0.15, 0.2) is 0 Å². The minimum Gasteiger partial charge on any atom is -0.391 e. The highest BCUT2D eigenvalue weighted by Crippen LogP contribution is 2.36. The number of aliphatic hydroxyl groups is 1. The van der Waals surface area contributed by atoms with Crippen LogP contribution in [0.4, 0.5) is 0 Å². The Morgan fingerprint density at radius 3 is 2.70 bits per heavy atom. The number of primary amides is 1. The number of carbonyl (C=O) groups excluding carboxylic acids is 1. The number of hydrogen-bond donors (Lipinski definition) is 4. The Morgan fingerprint density at radius 1 is 1.60 bits per heavy atom. The van der Waals surface area contributed by atoms with Crippen LogP contribution in [0.15, 0.2) is 6.33 Å². The van der Waals surface area contributed by atoms with E-state index in [2.05, 4.69) is 14.6 Å². The minimum atomic E-state index is -4.65. The van der Waals surface area contributed by atoms with Crippen LogP contribution in [0.1, 0.15) is 17.5 Å². The van der Waals surface area contributed by atoms with Gasteiger partial charge in [0.2, 0.25) is 5.82 Å². The molecule has 0 radical (unpaired) electrons. The molecular formula is C8H15N4O7P. The lowest BCUT2D eigenvalue weighted by Crippen LogP contribution is -2.31. The van der Waals surface area contributed by atoms with E-state index in [4.69, 9.17) is 20.3 Å². The van der Waals surface area contributed by atoms with Crippen LogP contribution in [-0.4, -0.2) is 54.4 Å². The monoisotopic (exact) mass is 310 g/mol. The molecule has 20 heavy (non-hydrogen) atoms. The van der Waals surface area contributed by atoms with Crippen molar-refractivity contribution < 1.29 is 33.5 Å². The average molecular weight is 310 g/mol. The molecule has 1 aromatic rings. The predicted octanol–water partition coefficient (Wildman–Crippen LogP) is -1.79. The van der Waals surface area contributed by atoms with E-state index in [0.29, 0.717) is 0 Å². The molecule has 0 aromatic carbocycles. The minimum absolute atomic E-state index is 0.200. The molecule has 5 N–H and O–H groups in total. The summed E-state index contributed by atoms with van der Waals surface area (Å²) in [7, 11) is -4.65. The number of rotatable bonds is 8. The lowest BCUT2D eigenvalue weighted by Gasteiger charge is -2.20. The van der Waals surface area contributed by atoms with Gasteiger partial charge in [-0.3, -0.25) is 9.32 Å². The highest BCUT2D eigenvalue weighted by atomic mass is 31.2. The normalized spacial score (nSPS) is 15.0.